The van der Waals surface area contributed by atoms with E-state index in [9.17, 15) is 9.82 Å². The van der Waals surface area contributed by atoms with Crippen LogP contribution in [0.3, 0.4) is 0 Å². The highest BCUT2D eigenvalue weighted by atomic mass is 16.5. The minimum absolute atomic E-state index is 0.0772. The van der Waals surface area contributed by atoms with Gasteiger partial charge in [0, 0.05) is 24.9 Å². The molecule has 0 radical (unpaired) electrons. The summed E-state index contributed by atoms with van der Waals surface area (Å²) < 4.78 is 13.0. The smallest absolute Gasteiger partial charge is 0.522 e. The average molecular weight is 356 g/mol. The lowest BCUT2D eigenvalue weighted by Gasteiger charge is -2.40. The highest BCUT2D eigenvalue weighted by molar-refractivity contribution is 6.44. The number of hydrogen-bond acceptors (Lipinski definition) is 6. The molecule has 0 aliphatic carbocycles. The molecule has 1 saturated heterocycles. The molecule has 2 aliphatic heterocycles. The van der Waals surface area contributed by atoms with Gasteiger partial charge in [-0.3, -0.25) is 9.48 Å². The Morgan fingerprint density at radius 3 is 3.04 bits per heavy atom. The van der Waals surface area contributed by atoms with Crippen LogP contribution in [0.1, 0.15) is 17.2 Å². The lowest BCUT2D eigenvalue weighted by atomic mass is 9.79. The van der Waals surface area contributed by atoms with Crippen molar-refractivity contribution in [3.8, 4) is 11.5 Å². The van der Waals surface area contributed by atoms with Crippen molar-refractivity contribution in [3.63, 3.8) is 0 Å². The molecular weight excluding hydrogens is 335 g/mol. The van der Waals surface area contributed by atoms with E-state index in [2.05, 4.69) is 5.10 Å². The van der Waals surface area contributed by atoms with E-state index in [-0.39, 0.29) is 12.0 Å². The summed E-state index contributed by atoms with van der Waals surface area (Å²) in [5.74, 6) is 1.20. The largest absolute Gasteiger partial charge is 0.536 e. The quantitative estimate of drug-likeness (QED) is 0.755. The van der Waals surface area contributed by atoms with Gasteiger partial charge in [-0.1, -0.05) is 6.07 Å². The van der Waals surface area contributed by atoms with Crippen LogP contribution < -0.4 is 15.1 Å². The maximum absolute atomic E-state index is 12.4. The molecule has 2 aromatic rings. The van der Waals surface area contributed by atoms with E-state index in [0.717, 1.165) is 12.0 Å². The molecule has 1 atom stereocenters. The second-order valence-electron chi connectivity index (χ2n) is 6.79. The van der Waals surface area contributed by atoms with Crippen molar-refractivity contribution in [2.45, 2.75) is 24.9 Å². The van der Waals surface area contributed by atoms with Gasteiger partial charge in [0.2, 0.25) is 5.91 Å². The summed E-state index contributed by atoms with van der Waals surface area (Å²) in [5, 5.41) is 13.7. The summed E-state index contributed by atoms with van der Waals surface area (Å²) in [6, 6.07) is 4.94. The molecule has 4 rings (SSSR count). The van der Waals surface area contributed by atoms with Crippen LogP contribution in [0, 0.1) is 0 Å². The molecule has 0 saturated carbocycles. The number of fused-ring (bicyclic) bond motifs is 1. The van der Waals surface area contributed by atoms with Crippen LogP contribution in [0.2, 0.25) is 6.32 Å². The lowest BCUT2D eigenvalue weighted by molar-refractivity contribution is -0.141. The van der Waals surface area contributed by atoms with Gasteiger partial charge in [0.05, 0.1) is 19.3 Å². The molecule has 1 fully saturated rings. The molecule has 136 valence electrons. The zero-order valence-electron chi connectivity index (χ0n) is 14.5. The molecule has 1 aromatic carbocycles. The zero-order valence-corrected chi connectivity index (χ0v) is 14.5. The Balaban J connectivity index is 1.32. The number of aryl methyl sites for hydroxylation is 2. The van der Waals surface area contributed by atoms with Crippen LogP contribution in [0.25, 0.3) is 0 Å². The number of hydrogen-bond donors (Lipinski definition) is 2. The fraction of sp³-hybridized carbons (Fsp3) is 0.412. The van der Waals surface area contributed by atoms with Gasteiger partial charge in [0.15, 0.2) is 0 Å². The normalized spacial score (nSPS) is 18.0. The third kappa shape index (κ3) is 3.27. The maximum Gasteiger partial charge on any atom is 0.522 e. The second kappa shape index (κ2) is 6.66. The Hall–Kier alpha value is -2.52. The molecule has 3 N–H and O–H groups in total. The van der Waals surface area contributed by atoms with E-state index in [1.54, 1.807) is 35.1 Å². The number of nitrogens with zero attached hydrogens (tertiary/aromatic N) is 3. The zero-order chi connectivity index (χ0) is 18.3. The number of carbonyl (C=O) groups is 1. The molecule has 0 bridgehead atoms. The summed E-state index contributed by atoms with van der Waals surface area (Å²) in [7, 11) is 1.03. The standard InChI is InChI=1S/C17H21BN4O4/c1-21-8-12(7-20-21)16(19)17(23)22-9-14(10-22)25-13-3-2-11-4-5-18(24)26-15(11)6-13/h2-3,6-8,14,16,24H,4-5,9-10,19H2,1H3. The van der Waals surface area contributed by atoms with Crippen LogP contribution in [-0.2, 0) is 18.3 Å². The molecule has 2 aliphatic rings. The number of ether oxygens (including phenoxy) is 1. The molecule has 26 heavy (non-hydrogen) atoms. The highest BCUT2D eigenvalue weighted by Crippen LogP contribution is 2.31. The molecule has 1 amide bonds. The summed E-state index contributed by atoms with van der Waals surface area (Å²) in [6.45, 7) is 0.987. The van der Waals surface area contributed by atoms with Crippen molar-refractivity contribution in [2.24, 2.45) is 12.8 Å². The molecule has 1 unspecified atom stereocenters. The minimum atomic E-state index is -0.761. The van der Waals surface area contributed by atoms with E-state index in [1.807, 2.05) is 12.1 Å². The van der Waals surface area contributed by atoms with Crippen LogP contribution in [0.4, 0.5) is 0 Å². The van der Waals surface area contributed by atoms with E-state index < -0.39 is 13.2 Å². The number of nitrogens with two attached hydrogens (primary N) is 1. The summed E-state index contributed by atoms with van der Waals surface area (Å²) in [4.78, 5) is 14.1. The second-order valence-corrected chi connectivity index (χ2v) is 6.79. The van der Waals surface area contributed by atoms with Crippen molar-refractivity contribution >= 4 is 13.0 Å². The maximum atomic E-state index is 12.4. The molecule has 0 spiro atoms. The van der Waals surface area contributed by atoms with E-state index in [0.29, 0.717) is 36.5 Å². The van der Waals surface area contributed by atoms with Gasteiger partial charge in [-0.25, -0.2) is 0 Å². The van der Waals surface area contributed by atoms with Gasteiger partial charge in [-0.2, -0.15) is 5.10 Å². The predicted octanol–water partition coefficient (Wildman–Crippen LogP) is 0.125. The predicted molar refractivity (Wildman–Crippen MR) is 94.7 cm³/mol. The van der Waals surface area contributed by atoms with Crippen LogP contribution >= 0.6 is 0 Å². The number of likely N-dealkylation sites (tertiary alicyclic amines) is 1. The van der Waals surface area contributed by atoms with Crippen molar-refractivity contribution < 1.29 is 19.2 Å². The Kier molecular flexibility index (Phi) is 4.33. The van der Waals surface area contributed by atoms with Gasteiger partial charge in [0.1, 0.15) is 23.6 Å². The first-order valence-electron chi connectivity index (χ1n) is 8.67. The van der Waals surface area contributed by atoms with Crippen LogP contribution in [-0.4, -0.2) is 51.9 Å². The third-order valence-corrected chi connectivity index (χ3v) is 4.77. The summed E-state index contributed by atoms with van der Waals surface area (Å²) >= 11 is 0. The van der Waals surface area contributed by atoms with Crippen molar-refractivity contribution in [1.82, 2.24) is 14.7 Å². The topological polar surface area (TPSA) is 103 Å². The van der Waals surface area contributed by atoms with Gasteiger partial charge in [0.25, 0.3) is 0 Å². The van der Waals surface area contributed by atoms with E-state index in [4.69, 9.17) is 15.1 Å². The number of benzene rings is 1. The Bertz CT molecular complexity index is 821. The van der Waals surface area contributed by atoms with Crippen molar-refractivity contribution in [2.75, 3.05) is 13.1 Å². The number of rotatable bonds is 4. The SMILES string of the molecule is Cn1cc(C(N)C(=O)N2CC(Oc3ccc4c(c3)OB(O)CC4)C2)cn1. The fourth-order valence-corrected chi connectivity index (χ4v) is 3.23. The van der Waals surface area contributed by atoms with Gasteiger partial charge in [-0.15, -0.1) is 0 Å². The van der Waals surface area contributed by atoms with Crippen molar-refractivity contribution in [3.05, 3.63) is 41.7 Å². The monoisotopic (exact) mass is 356 g/mol. The summed E-state index contributed by atoms with van der Waals surface area (Å²) in [5.41, 5.74) is 7.79. The van der Waals surface area contributed by atoms with Gasteiger partial charge >= 0.3 is 7.12 Å². The molecule has 3 heterocycles. The van der Waals surface area contributed by atoms with E-state index >= 15 is 0 Å². The Labute approximate surface area is 151 Å². The first-order valence-corrected chi connectivity index (χ1v) is 8.67. The highest BCUT2D eigenvalue weighted by Gasteiger charge is 2.35. The first kappa shape index (κ1) is 16.9. The Morgan fingerprint density at radius 1 is 1.50 bits per heavy atom. The average Bonchev–Trinajstić information content (AvgIpc) is 3.02. The first-order chi connectivity index (χ1) is 12.5. The Morgan fingerprint density at radius 2 is 2.31 bits per heavy atom. The molecular formula is C17H21BN4O4. The van der Waals surface area contributed by atoms with Gasteiger partial charge < -0.3 is 25.0 Å². The van der Waals surface area contributed by atoms with E-state index in [1.165, 1.54) is 0 Å². The van der Waals surface area contributed by atoms with Crippen molar-refractivity contribution in [1.29, 1.82) is 0 Å². The number of amides is 1. The number of carbonyl (C=O) groups excluding carboxylic acids is 1. The summed E-state index contributed by atoms with van der Waals surface area (Å²) in [6.07, 6.45) is 4.67. The minimum Gasteiger partial charge on any atom is -0.536 e. The third-order valence-electron chi connectivity index (χ3n) is 4.77. The lowest BCUT2D eigenvalue weighted by Crippen LogP contribution is -2.58. The van der Waals surface area contributed by atoms with Crippen LogP contribution in [0.5, 0.6) is 11.5 Å². The molecule has 8 nitrogen and oxygen atoms in total. The van der Waals surface area contributed by atoms with Gasteiger partial charge in [-0.05, 0) is 24.4 Å². The molecule has 9 heteroatoms. The van der Waals surface area contributed by atoms with Crippen LogP contribution in [0.15, 0.2) is 30.6 Å². The number of aromatic nitrogens is 2. The molecule has 1 aromatic heterocycles. The fourth-order valence-electron chi connectivity index (χ4n) is 3.23.